The van der Waals surface area contributed by atoms with Gasteiger partial charge in [0.15, 0.2) is 11.6 Å². The van der Waals surface area contributed by atoms with Gasteiger partial charge in [-0.25, -0.2) is 9.37 Å². The third-order valence-corrected chi connectivity index (χ3v) is 6.96. The minimum absolute atomic E-state index is 0.0565. The molecule has 0 saturated heterocycles. The minimum Gasteiger partial charge on any atom is -0.487 e. The average molecular weight is 529 g/mol. The van der Waals surface area contributed by atoms with Gasteiger partial charge in [-0.2, -0.15) is 10.2 Å². The predicted octanol–water partition coefficient (Wildman–Crippen LogP) is 4.44. The molecule has 5 rings (SSSR count). The largest absolute Gasteiger partial charge is 0.487 e. The van der Waals surface area contributed by atoms with Crippen LogP contribution in [0.1, 0.15) is 38.6 Å². The summed E-state index contributed by atoms with van der Waals surface area (Å²) in [6, 6.07) is 6.96. The molecule has 1 aliphatic carbocycles. The van der Waals surface area contributed by atoms with Gasteiger partial charge in [0.1, 0.15) is 11.5 Å². The molecular weight excluding hydrogens is 499 g/mol. The number of halogens is 2. The van der Waals surface area contributed by atoms with Crippen molar-refractivity contribution in [1.82, 2.24) is 24.5 Å². The molecule has 3 aromatic heterocycles. The van der Waals surface area contributed by atoms with Gasteiger partial charge in [-0.1, -0.05) is 17.7 Å². The summed E-state index contributed by atoms with van der Waals surface area (Å²) in [6.07, 6.45) is 7.53. The molecule has 4 aromatic rings. The molecule has 9 nitrogen and oxygen atoms in total. The Balaban J connectivity index is 1.40. The summed E-state index contributed by atoms with van der Waals surface area (Å²) in [6.45, 7) is 2.63. The molecule has 0 unspecified atom stereocenters. The van der Waals surface area contributed by atoms with Gasteiger partial charge < -0.3 is 20.3 Å². The summed E-state index contributed by atoms with van der Waals surface area (Å²) in [5, 5.41) is 32.5. The molecule has 0 bridgehead atoms. The van der Waals surface area contributed by atoms with E-state index in [0.29, 0.717) is 0 Å². The Hall–Kier alpha value is -3.21. The summed E-state index contributed by atoms with van der Waals surface area (Å²) >= 11 is 5.91. The SMILES string of the molecule is CCNc1cc2c(cn1)c(-c1cnn(C[C@@H](O)CO)c1)nn2[C@H]1CC[C@@H](Oc2cccc(Cl)c2F)CC1. The lowest BCUT2D eigenvalue weighted by atomic mass is 9.93. The van der Waals surface area contributed by atoms with E-state index in [1.165, 1.54) is 6.07 Å². The van der Waals surface area contributed by atoms with Gasteiger partial charge in [0.2, 0.25) is 0 Å². The van der Waals surface area contributed by atoms with Crippen molar-refractivity contribution in [3.8, 4) is 17.0 Å². The highest BCUT2D eigenvalue weighted by Gasteiger charge is 2.28. The molecule has 1 saturated carbocycles. The number of nitrogens with zero attached hydrogens (tertiary/aromatic N) is 5. The fourth-order valence-electron chi connectivity index (χ4n) is 4.82. The first-order valence-electron chi connectivity index (χ1n) is 12.5. The monoisotopic (exact) mass is 528 g/mol. The lowest BCUT2D eigenvalue weighted by Crippen LogP contribution is -2.26. The predicted molar refractivity (Wildman–Crippen MR) is 139 cm³/mol. The number of aromatic nitrogens is 5. The summed E-state index contributed by atoms with van der Waals surface area (Å²) in [7, 11) is 0. The van der Waals surface area contributed by atoms with Crippen molar-refractivity contribution in [2.45, 2.75) is 57.4 Å². The van der Waals surface area contributed by atoms with Crippen LogP contribution in [0.2, 0.25) is 5.02 Å². The van der Waals surface area contributed by atoms with Crippen LogP contribution in [0.4, 0.5) is 10.2 Å². The topological polar surface area (TPSA) is 110 Å². The highest BCUT2D eigenvalue weighted by molar-refractivity contribution is 6.30. The molecule has 0 spiro atoms. The average Bonchev–Trinajstić information content (AvgIpc) is 3.52. The Morgan fingerprint density at radius 1 is 1.24 bits per heavy atom. The maximum atomic E-state index is 14.3. The van der Waals surface area contributed by atoms with Crippen molar-refractivity contribution in [3.05, 3.63) is 53.7 Å². The molecule has 37 heavy (non-hydrogen) atoms. The van der Waals surface area contributed by atoms with E-state index in [9.17, 15) is 9.50 Å². The fourth-order valence-corrected chi connectivity index (χ4v) is 4.99. The van der Waals surface area contributed by atoms with Crippen molar-refractivity contribution in [2.75, 3.05) is 18.5 Å². The lowest BCUT2D eigenvalue weighted by molar-refractivity contribution is 0.0783. The van der Waals surface area contributed by atoms with Gasteiger partial charge in [0.05, 0.1) is 48.1 Å². The van der Waals surface area contributed by atoms with Crippen LogP contribution in [0.15, 0.2) is 42.9 Å². The van der Waals surface area contributed by atoms with Crippen LogP contribution in [-0.4, -0.2) is 60.1 Å². The third-order valence-electron chi connectivity index (χ3n) is 6.66. The molecule has 1 atom stereocenters. The molecule has 1 aliphatic rings. The first-order chi connectivity index (χ1) is 18.0. The van der Waals surface area contributed by atoms with Crippen molar-refractivity contribution in [3.63, 3.8) is 0 Å². The number of nitrogens with one attached hydrogen (secondary N) is 1. The number of benzene rings is 1. The first kappa shape index (κ1) is 25.4. The van der Waals surface area contributed by atoms with Gasteiger partial charge in [0.25, 0.3) is 0 Å². The number of anilines is 1. The molecule has 11 heteroatoms. The van der Waals surface area contributed by atoms with E-state index in [-0.39, 0.29) is 36.1 Å². The van der Waals surface area contributed by atoms with Crippen molar-refractivity contribution < 1.29 is 19.3 Å². The number of hydrogen-bond acceptors (Lipinski definition) is 7. The lowest BCUT2D eigenvalue weighted by Gasteiger charge is -2.29. The van der Waals surface area contributed by atoms with E-state index in [1.54, 1.807) is 23.0 Å². The number of rotatable bonds is 9. The zero-order valence-electron chi connectivity index (χ0n) is 20.5. The molecular formula is C26H30ClFN6O3. The van der Waals surface area contributed by atoms with Crippen LogP contribution >= 0.6 is 11.6 Å². The quantitative estimate of drug-likeness (QED) is 0.294. The Morgan fingerprint density at radius 3 is 2.81 bits per heavy atom. The second-order valence-electron chi connectivity index (χ2n) is 9.30. The van der Waals surface area contributed by atoms with Crippen molar-refractivity contribution >= 4 is 28.3 Å². The smallest absolute Gasteiger partial charge is 0.183 e. The summed E-state index contributed by atoms with van der Waals surface area (Å²) in [5.74, 6) is 0.440. The molecule has 3 heterocycles. The Kier molecular flexibility index (Phi) is 7.59. The molecule has 0 amide bonds. The van der Waals surface area contributed by atoms with Crippen LogP contribution in [0, 0.1) is 5.82 Å². The maximum absolute atomic E-state index is 14.3. The van der Waals surface area contributed by atoms with E-state index in [2.05, 4.69) is 20.1 Å². The van der Waals surface area contributed by atoms with Crippen LogP contribution in [0.25, 0.3) is 22.2 Å². The van der Waals surface area contributed by atoms with Gasteiger partial charge in [0, 0.05) is 36.0 Å². The van der Waals surface area contributed by atoms with Gasteiger partial charge in [-0.3, -0.25) is 9.36 Å². The van der Waals surface area contributed by atoms with Crippen LogP contribution < -0.4 is 10.1 Å². The number of ether oxygens (including phenoxy) is 1. The highest BCUT2D eigenvalue weighted by Crippen LogP contribution is 2.37. The molecule has 1 aromatic carbocycles. The number of aliphatic hydroxyl groups excluding tert-OH is 2. The van der Waals surface area contributed by atoms with E-state index >= 15 is 0 Å². The fraction of sp³-hybridized carbons (Fsp3) is 0.423. The Labute approximate surface area is 218 Å². The second kappa shape index (κ2) is 11.0. The normalized spacial score (nSPS) is 18.7. The zero-order chi connectivity index (χ0) is 25.9. The zero-order valence-corrected chi connectivity index (χ0v) is 21.3. The number of hydrogen-bond donors (Lipinski definition) is 3. The summed E-state index contributed by atoms with van der Waals surface area (Å²) in [5.41, 5.74) is 2.53. The maximum Gasteiger partial charge on any atom is 0.183 e. The summed E-state index contributed by atoms with van der Waals surface area (Å²) < 4.78 is 23.9. The second-order valence-corrected chi connectivity index (χ2v) is 9.71. The molecule has 1 fully saturated rings. The van der Waals surface area contributed by atoms with Crippen LogP contribution in [-0.2, 0) is 6.54 Å². The highest BCUT2D eigenvalue weighted by atomic mass is 35.5. The van der Waals surface area contributed by atoms with E-state index in [0.717, 1.165) is 60.2 Å². The molecule has 196 valence electrons. The van der Waals surface area contributed by atoms with E-state index in [4.69, 9.17) is 26.5 Å². The molecule has 0 aliphatic heterocycles. The third kappa shape index (κ3) is 5.41. The van der Waals surface area contributed by atoms with Gasteiger partial charge in [-0.05, 0) is 44.7 Å². The van der Waals surface area contributed by atoms with E-state index < -0.39 is 11.9 Å². The molecule has 3 N–H and O–H groups in total. The number of aliphatic hydroxyl groups is 2. The minimum atomic E-state index is -0.885. The van der Waals surface area contributed by atoms with Crippen LogP contribution in [0.3, 0.4) is 0 Å². The number of fused-ring (bicyclic) bond motifs is 1. The molecule has 0 radical (unpaired) electrons. The standard InChI is InChI=1S/C26H30ClFN6O3/c1-2-29-24-10-22-20(12-30-24)26(16-11-31-33(13-16)14-18(36)15-35)32-34(22)17-6-8-19(9-7-17)37-23-5-3-4-21(27)25(23)28/h3-5,10-13,17-19,35-36H,2,6-9,14-15H2,1H3,(H,29,30)/t17-,18-,19+/m1/s1. The van der Waals surface area contributed by atoms with Gasteiger partial charge in [-0.15, -0.1) is 0 Å². The van der Waals surface area contributed by atoms with E-state index in [1.807, 2.05) is 25.4 Å². The Bertz CT molecular complexity index is 1370. The summed E-state index contributed by atoms with van der Waals surface area (Å²) in [4.78, 5) is 4.55. The van der Waals surface area contributed by atoms with Crippen molar-refractivity contribution in [2.24, 2.45) is 0 Å². The van der Waals surface area contributed by atoms with Crippen molar-refractivity contribution in [1.29, 1.82) is 0 Å². The first-order valence-corrected chi connectivity index (χ1v) is 12.9. The van der Waals surface area contributed by atoms with Crippen LogP contribution in [0.5, 0.6) is 5.75 Å². The number of pyridine rings is 1. The Morgan fingerprint density at radius 2 is 2.05 bits per heavy atom. The van der Waals surface area contributed by atoms with Gasteiger partial charge >= 0.3 is 0 Å².